The van der Waals surface area contributed by atoms with Crippen LogP contribution in [0.3, 0.4) is 0 Å². The maximum Gasteiger partial charge on any atom is 0.317 e. The first-order chi connectivity index (χ1) is 13.5. The first-order valence-corrected chi connectivity index (χ1v) is 10.8. The van der Waals surface area contributed by atoms with Gasteiger partial charge in [-0.2, -0.15) is 0 Å². The summed E-state index contributed by atoms with van der Waals surface area (Å²) in [5.74, 6) is 0.433. The summed E-state index contributed by atoms with van der Waals surface area (Å²) in [6.07, 6.45) is 7.36. The van der Waals surface area contributed by atoms with E-state index in [2.05, 4.69) is 36.6 Å². The van der Waals surface area contributed by atoms with E-state index in [1.807, 2.05) is 23.1 Å². The second kappa shape index (κ2) is 9.44. The smallest absolute Gasteiger partial charge is 0.317 e. The van der Waals surface area contributed by atoms with Crippen LogP contribution >= 0.6 is 0 Å². The van der Waals surface area contributed by atoms with Crippen LogP contribution in [0.4, 0.5) is 4.79 Å². The van der Waals surface area contributed by atoms with Crippen LogP contribution in [0.1, 0.15) is 64.4 Å². The van der Waals surface area contributed by atoms with Crippen molar-refractivity contribution in [3.05, 3.63) is 35.9 Å². The molecule has 2 N–H and O–H groups in total. The predicted molar refractivity (Wildman–Crippen MR) is 112 cm³/mol. The molecule has 2 aliphatic rings. The van der Waals surface area contributed by atoms with Crippen LogP contribution in [0.2, 0.25) is 0 Å². The fraction of sp³-hybridized carbons (Fsp3) is 0.652. The molecule has 1 aromatic carbocycles. The number of amides is 3. The van der Waals surface area contributed by atoms with Crippen LogP contribution in [0, 0.1) is 5.92 Å². The van der Waals surface area contributed by atoms with Gasteiger partial charge in [0.2, 0.25) is 5.91 Å². The van der Waals surface area contributed by atoms with Crippen molar-refractivity contribution in [2.24, 2.45) is 5.92 Å². The molecule has 1 saturated heterocycles. The van der Waals surface area contributed by atoms with Crippen LogP contribution in [0.25, 0.3) is 0 Å². The number of benzene rings is 1. The minimum atomic E-state index is -0.108. The molecule has 3 rings (SSSR count). The molecule has 1 saturated carbocycles. The normalized spacial score (nSPS) is 19.3. The summed E-state index contributed by atoms with van der Waals surface area (Å²) < 4.78 is 0. The fourth-order valence-corrected chi connectivity index (χ4v) is 4.31. The number of hydrogen-bond acceptors (Lipinski definition) is 2. The van der Waals surface area contributed by atoms with E-state index in [-0.39, 0.29) is 29.3 Å². The van der Waals surface area contributed by atoms with Gasteiger partial charge in [-0.3, -0.25) is 4.79 Å². The summed E-state index contributed by atoms with van der Waals surface area (Å²) >= 11 is 0. The summed E-state index contributed by atoms with van der Waals surface area (Å²) in [4.78, 5) is 26.9. The number of carbonyl (C=O) groups excluding carboxylic acids is 2. The number of rotatable bonds is 5. The third kappa shape index (κ3) is 5.49. The number of nitrogens with zero attached hydrogens (tertiary/aromatic N) is 1. The number of urea groups is 1. The van der Waals surface area contributed by atoms with Gasteiger partial charge in [0, 0.05) is 37.0 Å². The summed E-state index contributed by atoms with van der Waals surface area (Å²) in [6, 6.07) is 10.5. The highest BCUT2D eigenvalue weighted by Crippen LogP contribution is 2.24. The topological polar surface area (TPSA) is 61.4 Å². The van der Waals surface area contributed by atoms with Crippen molar-refractivity contribution in [1.29, 1.82) is 0 Å². The molecule has 0 unspecified atom stereocenters. The van der Waals surface area contributed by atoms with Gasteiger partial charge >= 0.3 is 6.03 Å². The third-order valence-electron chi connectivity index (χ3n) is 6.34. The lowest BCUT2D eigenvalue weighted by Crippen LogP contribution is -2.51. The first kappa shape index (κ1) is 20.7. The Labute approximate surface area is 169 Å². The van der Waals surface area contributed by atoms with Gasteiger partial charge in [-0.15, -0.1) is 0 Å². The quantitative estimate of drug-likeness (QED) is 0.809. The van der Waals surface area contributed by atoms with Gasteiger partial charge in [0.25, 0.3) is 0 Å². The number of piperidine rings is 1. The molecule has 0 radical (unpaired) electrons. The molecule has 1 aromatic rings. The summed E-state index contributed by atoms with van der Waals surface area (Å²) in [6.45, 7) is 6.31. The molecule has 5 nitrogen and oxygen atoms in total. The summed E-state index contributed by atoms with van der Waals surface area (Å²) in [5.41, 5.74) is 1.11. The van der Waals surface area contributed by atoms with Crippen LogP contribution < -0.4 is 10.6 Å². The molecule has 5 heteroatoms. The molecule has 0 atom stereocenters. The van der Waals surface area contributed by atoms with E-state index < -0.39 is 0 Å². The van der Waals surface area contributed by atoms with Gasteiger partial charge in [-0.1, -0.05) is 63.4 Å². The fourth-order valence-electron chi connectivity index (χ4n) is 4.31. The van der Waals surface area contributed by atoms with Crippen LogP contribution in [0.15, 0.2) is 30.3 Å². The van der Waals surface area contributed by atoms with Gasteiger partial charge < -0.3 is 15.5 Å². The van der Waals surface area contributed by atoms with E-state index >= 15 is 0 Å². The van der Waals surface area contributed by atoms with E-state index in [4.69, 9.17) is 0 Å². The summed E-state index contributed by atoms with van der Waals surface area (Å²) in [7, 11) is 0. The van der Waals surface area contributed by atoms with E-state index in [9.17, 15) is 9.59 Å². The number of hydrogen-bond donors (Lipinski definition) is 2. The Morgan fingerprint density at radius 2 is 1.64 bits per heavy atom. The minimum absolute atomic E-state index is 0.000984. The highest BCUT2D eigenvalue weighted by atomic mass is 16.2. The molecule has 0 spiro atoms. The zero-order chi connectivity index (χ0) is 20.0. The first-order valence-electron chi connectivity index (χ1n) is 10.8. The van der Waals surface area contributed by atoms with Gasteiger partial charge in [0.05, 0.1) is 0 Å². The van der Waals surface area contributed by atoms with Crippen molar-refractivity contribution < 1.29 is 9.59 Å². The highest BCUT2D eigenvalue weighted by molar-refractivity contribution is 5.79. The maximum atomic E-state index is 12.6. The molecule has 1 aliphatic carbocycles. The molecule has 2 fully saturated rings. The van der Waals surface area contributed by atoms with Crippen molar-refractivity contribution in [3.8, 4) is 0 Å². The standard InChI is InChI=1S/C23H35N3O2/c1-23(2,19-11-7-4-8-12-19)17-24-22(28)26-15-13-20(14-16-26)25-21(27)18-9-5-3-6-10-18/h4,7-8,11-12,18,20H,3,5-6,9-10,13-17H2,1-2H3,(H,24,28)(H,25,27). The average Bonchev–Trinajstić information content (AvgIpc) is 2.74. The molecule has 1 aliphatic heterocycles. The van der Waals surface area contributed by atoms with Crippen LogP contribution in [-0.2, 0) is 10.2 Å². The number of nitrogens with one attached hydrogen (secondary N) is 2. The molecule has 1 heterocycles. The molecular weight excluding hydrogens is 350 g/mol. The lowest BCUT2D eigenvalue weighted by Gasteiger charge is -2.34. The lowest BCUT2D eigenvalue weighted by molar-refractivity contribution is -0.126. The average molecular weight is 386 g/mol. The van der Waals surface area contributed by atoms with E-state index in [1.165, 1.54) is 24.8 Å². The SMILES string of the molecule is CC(C)(CNC(=O)N1CCC(NC(=O)C2CCCCC2)CC1)c1ccccc1. The molecule has 154 valence electrons. The van der Waals surface area contributed by atoms with Gasteiger partial charge in [0.1, 0.15) is 0 Å². The third-order valence-corrected chi connectivity index (χ3v) is 6.34. The van der Waals surface area contributed by atoms with Gasteiger partial charge in [-0.25, -0.2) is 4.79 Å². The molecule has 0 aromatic heterocycles. The number of likely N-dealkylation sites (tertiary alicyclic amines) is 1. The highest BCUT2D eigenvalue weighted by Gasteiger charge is 2.28. The van der Waals surface area contributed by atoms with E-state index in [0.717, 1.165) is 25.7 Å². The second-order valence-electron chi connectivity index (χ2n) is 9.01. The van der Waals surface area contributed by atoms with E-state index in [1.54, 1.807) is 0 Å². The minimum Gasteiger partial charge on any atom is -0.353 e. The molecule has 3 amide bonds. The molecule has 28 heavy (non-hydrogen) atoms. The molecular formula is C23H35N3O2. The van der Waals surface area contributed by atoms with Crippen LogP contribution in [0.5, 0.6) is 0 Å². The van der Waals surface area contributed by atoms with Crippen molar-refractivity contribution in [1.82, 2.24) is 15.5 Å². The van der Waals surface area contributed by atoms with Crippen molar-refractivity contribution >= 4 is 11.9 Å². The zero-order valence-electron chi connectivity index (χ0n) is 17.4. The van der Waals surface area contributed by atoms with E-state index in [0.29, 0.717) is 19.6 Å². The van der Waals surface area contributed by atoms with Gasteiger partial charge in [0.15, 0.2) is 0 Å². The second-order valence-corrected chi connectivity index (χ2v) is 9.01. The predicted octanol–water partition coefficient (Wildman–Crippen LogP) is 3.83. The van der Waals surface area contributed by atoms with Crippen molar-refractivity contribution in [2.45, 2.75) is 70.3 Å². The Morgan fingerprint density at radius 1 is 1.00 bits per heavy atom. The Bertz CT molecular complexity index is 645. The largest absolute Gasteiger partial charge is 0.353 e. The Balaban J connectivity index is 1.40. The van der Waals surface area contributed by atoms with Crippen LogP contribution in [-0.4, -0.2) is 42.5 Å². The lowest BCUT2D eigenvalue weighted by atomic mass is 9.85. The van der Waals surface area contributed by atoms with Crippen molar-refractivity contribution in [2.75, 3.05) is 19.6 Å². The Hall–Kier alpha value is -2.04. The molecule has 0 bridgehead atoms. The zero-order valence-corrected chi connectivity index (χ0v) is 17.4. The summed E-state index contributed by atoms with van der Waals surface area (Å²) in [5, 5.41) is 6.33. The van der Waals surface area contributed by atoms with Gasteiger partial charge in [-0.05, 0) is 31.2 Å². The van der Waals surface area contributed by atoms with Crippen molar-refractivity contribution in [3.63, 3.8) is 0 Å². The monoisotopic (exact) mass is 385 g/mol. The Kier molecular flexibility index (Phi) is 6.97. The number of carbonyl (C=O) groups is 2. The maximum absolute atomic E-state index is 12.6. The Morgan fingerprint density at radius 3 is 2.29 bits per heavy atom.